The van der Waals surface area contributed by atoms with E-state index in [1.54, 1.807) is 23.9 Å². The first kappa shape index (κ1) is 13.4. The third-order valence-electron chi connectivity index (χ3n) is 3.11. The van der Waals surface area contributed by atoms with E-state index in [9.17, 15) is 14.3 Å². The quantitative estimate of drug-likeness (QED) is 0.878. The first-order valence-electron chi connectivity index (χ1n) is 5.93. The summed E-state index contributed by atoms with van der Waals surface area (Å²) in [6, 6.07) is 5.95. The Kier molecular flexibility index (Phi) is 4.24. The van der Waals surface area contributed by atoms with Gasteiger partial charge in [0.05, 0.1) is 0 Å². The third kappa shape index (κ3) is 3.23. The van der Waals surface area contributed by atoms with Gasteiger partial charge in [0.15, 0.2) is 0 Å². The monoisotopic (exact) mass is 269 g/mol. The lowest BCUT2D eigenvalue weighted by atomic mass is 9.96. The Morgan fingerprint density at radius 2 is 1.94 bits per heavy atom. The molecule has 98 valence electrons. The molecule has 2 rings (SSSR count). The van der Waals surface area contributed by atoms with E-state index in [0.29, 0.717) is 19.4 Å². The molecule has 2 N–H and O–H groups in total. The van der Waals surface area contributed by atoms with Crippen molar-refractivity contribution in [1.29, 1.82) is 0 Å². The van der Waals surface area contributed by atoms with Gasteiger partial charge in [-0.2, -0.15) is 11.8 Å². The van der Waals surface area contributed by atoms with Gasteiger partial charge in [-0.3, -0.25) is 4.79 Å². The second-order valence-electron chi connectivity index (χ2n) is 4.45. The largest absolute Gasteiger partial charge is 0.380 e. The van der Waals surface area contributed by atoms with Crippen LogP contribution in [-0.2, 0) is 11.3 Å². The number of hydrogen-bond acceptors (Lipinski definition) is 3. The summed E-state index contributed by atoms with van der Waals surface area (Å²) in [5.74, 6) is 0.987. The van der Waals surface area contributed by atoms with Crippen molar-refractivity contribution in [3.05, 3.63) is 35.6 Å². The molecule has 1 fully saturated rings. The standard InChI is InChI=1S/C13H16FNO2S/c14-11-3-1-10(2-4-11)9-15-12(16)13(17)5-7-18-8-6-13/h1-4,17H,5-9H2,(H,15,16). The van der Waals surface area contributed by atoms with Gasteiger partial charge in [-0.25, -0.2) is 4.39 Å². The molecule has 1 aromatic rings. The molecule has 1 amide bonds. The molecule has 0 unspecified atom stereocenters. The zero-order valence-corrected chi connectivity index (χ0v) is 10.8. The second kappa shape index (κ2) is 5.71. The Bertz CT molecular complexity index is 416. The highest BCUT2D eigenvalue weighted by molar-refractivity contribution is 7.99. The molecule has 1 aliphatic rings. The van der Waals surface area contributed by atoms with Crippen LogP contribution in [-0.4, -0.2) is 28.1 Å². The maximum Gasteiger partial charge on any atom is 0.252 e. The lowest BCUT2D eigenvalue weighted by Crippen LogP contribution is -2.48. The molecule has 0 spiro atoms. The molecule has 5 heteroatoms. The first-order chi connectivity index (χ1) is 8.60. The fraction of sp³-hybridized carbons (Fsp3) is 0.462. The summed E-state index contributed by atoms with van der Waals surface area (Å²) < 4.78 is 12.7. The van der Waals surface area contributed by atoms with E-state index in [1.165, 1.54) is 12.1 Å². The minimum atomic E-state index is -1.23. The van der Waals surface area contributed by atoms with Crippen molar-refractivity contribution in [2.45, 2.75) is 25.0 Å². The molecular formula is C13H16FNO2S. The molecule has 1 aliphatic heterocycles. The summed E-state index contributed by atoms with van der Waals surface area (Å²) in [5.41, 5.74) is -0.413. The molecule has 1 saturated heterocycles. The molecule has 3 nitrogen and oxygen atoms in total. The van der Waals surface area contributed by atoms with Crippen LogP contribution >= 0.6 is 11.8 Å². The van der Waals surface area contributed by atoms with Gasteiger partial charge in [-0.15, -0.1) is 0 Å². The molecule has 1 aromatic carbocycles. The van der Waals surface area contributed by atoms with Crippen LogP contribution in [0.5, 0.6) is 0 Å². The fourth-order valence-electron chi connectivity index (χ4n) is 1.89. The van der Waals surface area contributed by atoms with E-state index in [-0.39, 0.29) is 11.7 Å². The van der Waals surface area contributed by atoms with Crippen molar-refractivity contribution in [3.8, 4) is 0 Å². The highest BCUT2D eigenvalue weighted by Gasteiger charge is 2.36. The summed E-state index contributed by atoms with van der Waals surface area (Å²) in [7, 11) is 0. The fourth-order valence-corrected chi connectivity index (χ4v) is 3.05. The summed E-state index contributed by atoms with van der Waals surface area (Å²) in [5, 5.41) is 12.9. The van der Waals surface area contributed by atoms with E-state index >= 15 is 0 Å². The van der Waals surface area contributed by atoms with Gasteiger partial charge in [0.1, 0.15) is 11.4 Å². The Morgan fingerprint density at radius 3 is 2.56 bits per heavy atom. The number of nitrogens with one attached hydrogen (secondary N) is 1. The van der Waals surface area contributed by atoms with Crippen LogP contribution < -0.4 is 5.32 Å². The van der Waals surface area contributed by atoms with Crippen LogP contribution in [0.2, 0.25) is 0 Å². The number of amides is 1. The molecule has 0 atom stereocenters. The summed E-state index contributed by atoms with van der Waals surface area (Å²) in [4.78, 5) is 11.9. The van der Waals surface area contributed by atoms with Crippen molar-refractivity contribution < 1.29 is 14.3 Å². The van der Waals surface area contributed by atoms with Gasteiger partial charge in [0.2, 0.25) is 0 Å². The predicted octanol–water partition coefficient (Wildman–Crippen LogP) is 1.70. The van der Waals surface area contributed by atoms with Crippen LogP contribution in [0.25, 0.3) is 0 Å². The van der Waals surface area contributed by atoms with Crippen molar-refractivity contribution in [3.63, 3.8) is 0 Å². The lowest BCUT2D eigenvalue weighted by molar-refractivity contribution is -0.140. The molecule has 1 heterocycles. The first-order valence-corrected chi connectivity index (χ1v) is 7.08. The molecule has 18 heavy (non-hydrogen) atoms. The zero-order chi connectivity index (χ0) is 13.0. The third-order valence-corrected chi connectivity index (χ3v) is 4.09. The van der Waals surface area contributed by atoms with E-state index in [1.807, 2.05) is 0 Å². The average molecular weight is 269 g/mol. The number of thioether (sulfide) groups is 1. The number of rotatable bonds is 3. The Balaban J connectivity index is 1.89. The number of carbonyl (C=O) groups is 1. The lowest BCUT2D eigenvalue weighted by Gasteiger charge is -2.30. The van der Waals surface area contributed by atoms with E-state index < -0.39 is 5.60 Å². The normalized spacial score (nSPS) is 18.3. The minimum Gasteiger partial charge on any atom is -0.380 e. The van der Waals surface area contributed by atoms with Gasteiger partial charge >= 0.3 is 0 Å². The molecule has 0 radical (unpaired) electrons. The van der Waals surface area contributed by atoms with Crippen molar-refractivity contribution in [2.24, 2.45) is 0 Å². The number of halogens is 1. The van der Waals surface area contributed by atoms with Gasteiger partial charge in [-0.05, 0) is 42.0 Å². The highest BCUT2D eigenvalue weighted by Crippen LogP contribution is 2.27. The van der Waals surface area contributed by atoms with Gasteiger partial charge < -0.3 is 10.4 Å². The van der Waals surface area contributed by atoms with Crippen LogP contribution in [0.1, 0.15) is 18.4 Å². The minimum absolute atomic E-state index is 0.298. The smallest absolute Gasteiger partial charge is 0.252 e. The summed E-state index contributed by atoms with van der Waals surface area (Å²) in [6.07, 6.45) is 0.986. The Hall–Kier alpha value is -1.07. The summed E-state index contributed by atoms with van der Waals surface area (Å²) in [6.45, 7) is 0.314. The topological polar surface area (TPSA) is 49.3 Å². The molecular weight excluding hydrogens is 253 g/mol. The van der Waals surface area contributed by atoms with Crippen molar-refractivity contribution >= 4 is 17.7 Å². The molecule has 0 aliphatic carbocycles. The van der Waals surface area contributed by atoms with E-state index in [4.69, 9.17) is 0 Å². The van der Waals surface area contributed by atoms with Crippen LogP contribution in [0.15, 0.2) is 24.3 Å². The van der Waals surface area contributed by atoms with Crippen molar-refractivity contribution in [2.75, 3.05) is 11.5 Å². The SMILES string of the molecule is O=C(NCc1ccc(F)cc1)C1(O)CCSCC1. The summed E-state index contributed by atoms with van der Waals surface area (Å²) >= 11 is 1.75. The van der Waals surface area contributed by atoms with Gasteiger partial charge in [0, 0.05) is 6.54 Å². The van der Waals surface area contributed by atoms with Crippen LogP contribution in [0.3, 0.4) is 0 Å². The molecule has 0 bridgehead atoms. The second-order valence-corrected chi connectivity index (χ2v) is 5.68. The van der Waals surface area contributed by atoms with Gasteiger partial charge in [-0.1, -0.05) is 12.1 Å². The highest BCUT2D eigenvalue weighted by atomic mass is 32.2. The maximum absolute atomic E-state index is 12.7. The Labute approximate surface area is 110 Å². The molecule has 0 saturated carbocycles. The maximum atomic E-state index is 12.7. The number of hydrogen-bond donors (Lipinski definition) is 2. The Morgan fingerprint density at radius 1 is 1.33 bits per heavy atom. The van der Waals surface area contributed by atoms with E-state index in [2.05, 4.69) is 5.32 Å². The number of carbonyl (C=O) groups excluding carboxylic acids is 1. The van der Waals surface area contributed by atoms with Crippen LogP contribution in [0, 0.1) is 5.82 Å². The van der Waals surface area contributed by atoms with E-state index in [0.717, 1.165) is 17.1 Å². The van der Waals surface area contributed by atoms with Gasteiger partial charge in [0.25, 0.3) is 5.91 Å². The number of aliphatic hydroxyl groups is 1. The zero-order valence-electron chi connectivity index (χ0n) is 9.99. The number of benzene rings is 1. The predicted molar refractivity (Wildman–Crippen MR) is 69.8 cm³/mol. The molecule has 0 aromatic heterocycles. The average Bonchev–Trinajstić information content (AvgIpc) is 2.38. The van der Waals surface area contributed by atoms with Crippen molar-refractivity contribution in [1.82, 2.24) is 5.32 Å². The van der Waals surface area contributed by atoms with Crippen LogP contribution in [0.4, 0.5) is 4.39 Å².